The van der Waals surface area contributed by atoms with Crippen LogP contribution >= 0.6 is 15.9 Å². The molecule has 0 bridgehead atoms. The number of halogens is 1. The zero-order valence-electron chi connectivity index (χ0n) is 18.9. The summed E-state index contributed by atoms with van der Waals surface area (Å²) in [5.41, 5.74) is 1.43. The van der Waals surface area contributed by atoms with E-state index in [2.05, 4.69) is 26.3 Å². The highest BCUT2D eigenvalue weighted by Gasteiger charge is 2.22. The molecule has 174 valence electrons. The topological polar surface area (TPSA) is 91.7 Å². The molecule has 0 saturated heterocycles. The van der Waals surface area contributed by atoms with Crippen LogP contribution in [0.2, 0.25) is 0 Å². The summed E-state index contributed by atoms with van der Waals surface area (Å²) in [6, 6.07) is 12.5. The van der Waals surface area contributed by atoms with Gasteiger partial charge >= 0.3 is 5.97 Å². The molecule has 0 spiro atoms. The van der Waals surface area contributed by atoms with E-state index >= 15 is 0 Å². The van der Waals surface area contributed by atoms with Gasteiger partial charge in [0.05, 0.1) is 23.4 Å². The van der Waals surface area contributed by atoms with E-state index in [0.717, 1.165) is 4.47 Å². The highest BCUT2D eigenvalue weighted by Crippen LogP contribution is 2.27. The number of carbonyl (C=O) groups is 2. The Bertz CT molecular complexity index is 1140. The van der Waals surface area contributed by atoms with Gasteiger partial charge in [0.25, 0.3) is 5.91 Å². The number of hydrogen-bond donors (Lipinski definition) is 1. The SMILES string of the molecule is CCn1cc(NC(=O)c2ccc(OC)c(COc3ccccc3Br)c2)c(C(=O)OC(C)C)n1. The third kappa shape index (κ3) is 6.13. The van der Waals surface area contributed by atoms with E-state index in [-0.39, 0.29) is 24.1 Å². The zero-order chi connectivity index (χ0) is 24.0. The number of aromatic nitrogens is 2. The Morgan fingerprint density at radius 3 is 2.58 bits per heavy atom. The van der Waals surface area contributed by atoms with Gasteiger partial charge in [0.2, 0.25) is 0 Å². The minimum absolute atomic E-state index is 0.0601. The smallest absolute Gasteiger partial charge is 0.361 e. The molecule has 0 aliphatic heterocycles. The van der Waals surface area contributed by atoms with Crippen molar-refractivity contribution in [3.8, 4) is 11.5 Å². The summed E-state index contributed by atoms with van der Waals surface area (Å²) in [5, 5.41) is 7.00. The second-order valence-corrected chi connectivity index (χ2v) is 8.26. The number of nitrogens with zero attached hydrogens (tertiary/aromatic N) is 2. The highest BCUT2D eigenvalue weighted by molar-refractivity contribution is 9.10. The molecule has 0 fully saturated rings. The number of aryl methyl sites for hydroxylation is 1. The number of rotatable bonds is 9. The first-order chi connectivity index (χ1) is 15.8. The van der Waals surface area contributed by atoms with Crippen molar-refractivity contribution in [1.82, 2.24) is 9.78 Å². The number of ether oxygens (including phenoxy) is 3. The molecule has 0 unspecified atom stereocenters. The summed E-state index contributed by atoms with van der Waals surface area (Å²) in [7, 11) is 1.56. The van der Waals surface area contributed by atoms with Crippen molar-refractivity contribution in [2.24, 2.45) is 0 Å². The molecule has 2 aromatic carbocycles. The molecule has 3 rings (SSSR count). The van der Waals surface area contributed by atoms with Crippen LogP contribution in [0, 0.1) is 0 Å². The van der Waals surface area contributed by atoms with E-state index in [1.54, 1.807) is 50.0 Å². The minimum Gasteiger partial charge on any atom is -0.496 e. The number of hydrogen-bond acceptors (Lipinski definition) is 6. The molecule has 33 heavy (non-hydrogen) atoms. The number of benzene rings is 2. The average molecular weight is 516 g/mol. The van der Waals surface area contributed by atoms with Crippen molar-refractivity contribution in [3.05, 3.63) is 70.0 Å². The Morgan fingerprint density at radius 1 is 1.15 bits per heavy atom. The molecule has 9 heteroatoms. The molecule has 1 N–H and O–H groups in total. The summed E-state index contributed by atoms with van der Waals surface area (Å²) in [6.07, 6.45) is 1.30. The van der Waals surface area contributed by atoms with Crippen molar-refractivity contribution in [2.75, 3.05) is 12.4 Å². The van der Waals surface area contributed by atoms with Crippen LogP contribution in [0.1, 0.15) is 47.2 Å². The van der Waals surface area contributed by atoms with Gasteiger partial charge in [0, 0.05) is 23.9 Å². The molecule has 0 aliphatic rings. The van der Waals surface area contributed by atoms with Crippen LogP contribution in [0.15, 0.2) is 53.1 Å². The molecule has 1 aromatic heterocycles. The largest absolute Gasteiger partial charge is 0.496 e. The molecule has 0 aliphatic carbocycles. The lowest BCUT2D eigenvalue weighted by Gasteiger charge is -2.13. The van der Waals surface area contributed by atoms with Gasteiger partial charge in [-0.2, -0.15) is 5.10 Å². The third-order valence-electron chi connectivity index (χ3n) is 4.63. The molecule has 8 nitrogen and oxygen atoms in total. The standard InChI is InChI=1S/C24H26BrN3O5/c1-5-28-13-19(22(27-28)24(30)33-15(2)3)26-23(29)16-10-11-20(31-4)17(12-16)14-32-21-9-7-6-8-18(21)25/h6-13,15H,5,14H2,1-4H3,(H,26,29). The fourth-order valence-electron chi connectivity index (χ4n) is 3.04. The zero-order valence-corrected chi connectivity index (χ0v) is 20.5. The van der Waals surface area contributed by atoms with Gasteiger partial charge in [-0.3, -0.25) is 9.48 Å². The van der Waals surface area contributed by atoms with Crippen LogP contribution in [-0.2, 0) is 17.9 Å². The molecule has 0 radical (unpaired) electrons. The van der Waals surface area contributed by atoms with Crippen LogP contribution in [0.25, 0.3) is 0 Å². The monoisotopic (exact) mass is 515 g/mol. The van der Waals surface area contributed by atoms with E-state index < -0.39 is 11.9 Å². The molecular weight excluding hydrogens is 490 g/mol. The van der Waals surface area contributed by atoms with Crippen molar-refractivity contribution in [3.63, 3.8) is 0 Å². The van der Waals surface area contributed by atoms with Crippen LogP contribution in [-0.4, -0.2) is 34.9 Å². The van der Waals surface area contributed by atoms with Crippen LogP contribution in [0.5, 0.6) is 11.5 Å². The van der Waals surface area contributed by atoms with Crippen LogP contribution in [0.3, 0.4) is 0 Å². The quantitative estimate of drug-likeness (QED) is 0.400. The molecule has 1 heterocycles. The Balaban J connectivity index is 1.82. The Kier molecular flexibility index (Phi) is 8.11. The van der Waals surface area contributed by atoms with Gasteiger partial charge in [-0.15, -0.1) is 0 Å². The number of amides is 1. The van der Waals surface area contributed by atoms with E-state index in [4.69, 9.17) is 14.2 Å². The molecule has 0 atom stereocenters. The van der Waals surface area contributed by atoms with Gasteiger partial charge in [0.15, 0.2) is 5.69 Å². The Labute approximate surface area is 201 Å². The first kappa shape index (κ1) is 24.3. The van der Waals surface area contributed by atoms with Gasteiger partial charge in [-0.25, -0.2) is 4.79 Å². The number of carbonyl (C=O) groups excluding carboxylic acids is 2. The number of nitrogens with one attached hydrogen (secondary N) is 1. The van der Waals surface area contributed by atoms with E-state index in [9.17, 15) is 9.59 Å². The van der Waals surface area contributed by atoms with E-state index in [1.807, 2.05) is 31.2 Å². The second kappa shape index (κ2) is 11.0. The number of methoxy groups -OCH3 is 1. The Morgan fingerprint density at radius 2 is 1.91 bits per heavy atom. The lowest BCUT2D eigenvalue weighted by molar-refractivity contribution is 0.0371. The summed E-state index contributed by atoms with van der Waals surface area (Å²) >= 11 is 3.46. The van der Waals surface area contributed by atoms with Gasteiger partial charge in [0.1, 0.15) is 18.1 Å². The molecule has 1 amide bonds. The first-order valence-electron chi connectivity index (χ1n) is 10.5. The van der Waals surface area contributed by atoms with Crippen LogP contribution in [0.4, 0.5) is 5.69 Å². The first-order valence-corrected chi connectivity index (χ1v) is 11.3. The second-order valence-electron chi connectivity index (χ2n) is 7.40. The van der Waals surface area contributed by atoms with Crippen molar-refractivity contribution in [1.29, 1.82) is 0 Å². The van der Waals surface area contributed by atoms with Crippen molar-refractivity contribution < 1.29 is 23.8 Å². The average Bonchev–Trinajstić information content (AvgIpc) is 3.21. The van der Waals surface area contributed by atoms with Crippen LogP contribution < -0.4 is 14.8 Å². The fourth-order valence-corrected chi connectivity index (χ4v) is 3.44. The normalized spacial score (nSPS) is 10.7. The maximum Gasteiger partial charge on any atom is 0.361 e. The lowest BCUT2D eigenvalue weighted by atomic mass is 10.1. The maximum absolute atomic E-state index is 13.0. The van der Waals surface area contributed by atoms with Gasteiger partial charge in [-0.05, 0) is 67.0 Å². The third-order valence-corrected chi connectivity index (χ3v) is 5.29. The predicted octanol–water partition coefficient (Wildman–Crippen LogP) is 5.07. The fraction of sp³-hybridized carbons (Fsp3) is 0.292. The Hall–Kier alpha value is -3.33. The summed E-state index contributed by atoms with van der Waals surface area (Å²) < 4.78 is 19.0. The number of esters is 1. The number of anilines is 1. The maximum atomic E-state index is 13.0. The van der Waals surface area contributed by atoms with Crippen molar-refractivity contribution in [2.45, 2.75) is 40.0 Å². The van der Waals surface area contributed by atoms with E-state index in [1.165, 1.54) is 0 Å². The molecule has 3 aromatic rings. The lowest BCUT2D eigenvalue weighted by Crippen LogP contribution is -2.17. The van der Waals surface area contributed by atoms with E-state index in [0.29, 0.717) is 29.2 Å². The highest BCUT2D eigenvalue weighted by atomic mass is 79.9. The predicted molar refractivity (Wildman–Crippen MR) is 128 cm³/mol. The van der Waals surface area contributed by atoms with Gasteiger partial charge in [-0.1, -0.05) is 12.1 Å². The summed E-state index contributed by atoms with van der Waals surface area (Å²) in [4.78, 5) is 25.4. The van der Waals surface area contributed by atoms with Gasteiger partial charge < -0.3 is 19.5 Å². The summed E-state index contributed by atoms with van der Waals surface area (Å²) in [6.45, 7) is 6.13. The molecular formula is C24H26BrN3O5. The minimum atomic E-state index is -0.593. The number of para-hydroxylation sites is 1. The summed E-state index contributed by atoms with van der Waals surface area (Å²) in [5.74, 6) is 0.284. The van der Waals surface area contributed by atoms with Crippen molar-refractivity contribution >= 4 is 33.5 Å². The molecule has 0 saturated carbocycles.